The molecule has 1 unspecified atom stereocenters. The molecule has 4 nitrogen and oxygen atoms in total. The predicted octanol–water partition coefficient (Wildman–Crippen LogP) is 3.93. The molecule has 0 heterocycles. The van der Waals surface area contributed by atoms with Crippen molar-refractivity contribution in [1.29, 1.82) is 0 Å². The first kappa shape index (κ1) is 17.1. The topological polar surface area (TPSA) is 60.8 Å². The Morgan fingerprint density at radius 2 is 1.78 bits per heavy atom. The minimum absolute atomic E-state index is 0.264. The van der Waals surface area contributed by atoms with E-state index in [9.17, 15) is 4.79 Å². The monoisotopic (exact) mass is 257 g/mol. The summed E-state index contributed by atoms with van der Waals surface area (Å²) in [6.07, 6.45) is 12.4. The first-order valence-electron chi connectivity index (χ1n) is 7.00. The molecular weight excluding hydrogens is 230 g/mol. The average Bonchev–Trinajstić information content (AvgIpc) is 2.36. The molecule has 0 aliphatic heterocycles. The van der Waals surface area contributed by atoms with Gasteiger partial charge in [-0.15, -0.1) is 0 Å². The number of amides is 1. The molecule has 1 amide bonds. The summed E-state index contributed by atoms with van der Waals surface area (Å²) in [6.45, 7) is 4.02. The fourth-order valence-electron chi connectivity index (χ4n) is 1.96. The lowest BCUT2D eigenvalue weighted by Gasteiger charge is -2.15. The lowest BCUT2D eigenvalue weighted by Crippen LogP contribution is -2.30. The smallest absolute Gasteiger partial charge is 0.270 e. The van der Waals surface area contributed by atoms with Gasteiger partial charge in [0.25, 0.3) is 5.91 Å². The van der Waals surface area contributed by atoms with Gasteiger partial charge in [-0.05, 0) is 32.1 Å². The van der Waals surface area contributed by atoms with Gasteiger partial charge in [-0.3, -0.25) is 15.2 Å². The molecule has 0 saturated heterocycles. The highest BCUT2D eigenvalue weighted by molar-refractivity contribution is 5.76. The maximum Gasteiger partial charge on any atom is 0.276 e. The molecule has 0 bridgehead atoms. The summed E-state index contributed by atoms with van der Waals surface area (Å²) in [7, 11) is 0. The Hall–Kier alpha value is -0.870. The summed E-state index contributed by atoms with van der Waals surface area (Å²) in [5, 5.41) is 17.1. The van der Waals surface area contributed by atoms with E-state index in [0.717, 1.165) is 32.1 Å². The number of carbonyl (C=O) groups excluding carboxylic acids is 1. The van der Waals surface area contributed by atoms with Crippen molar-refractivity contribution >= 4 is 5.91 Å². The molecule has 0 aromatic heterocycles. The Balaban J connectivity index is 3.57. The zero-order valence-electron chi connectivity index (χ0n) is 11.6. The Kier molecular flexibility index (Phi) is 10.7. The Labute approximate surface area is 110 Å². The predicted molar refractivity (Wildman–Crippen MR) is 71.3 cm³/mol. The molecular formula is C14H27NO3. The summed E-state index contributed by atoms with van der Waals surface area (Å²) in [5.74, 6) is -0.858. The van der Waals surface area contributed by atoms with Crippen LogP contribution in [-0.4, -0.2) is 21.5 Å². The molecule has 1 atom stereocenters. The van der Waals surface area contributed by atoms with Gasteiger partial charge in [0.05, 0.1) is 0 Å². The Bertz CT molecular complexity index is 239. The molecule has 0 rings (SSSR count). The highest BCUT2D eigenvalue weighted by Gasteiger charge is 2.20. The second kappa shape index (κ2) is 11.2. The van der Waals surface area contributed by atoms with E-state index in [1.54, 1.807) is 0 Å². The van der Waals surface area contributed by atoms with E-state index in [1.807, 2.05) is 6.92 Å². The summed E-state index contributed by atoms with van der Waals surface area (Å²) < 4.78 is 0. The molecule has 0 aromatic carbocycles. The normalized spacial score (nSPS) is 12.9. The average molecular weight is 257 g/mol. The van der Waals surface area contributed by atoms with Crippen molar-refractivity contribution in [3.05, 3.63) is 12.2 Å². The van der Waals surface area contributed by atoms with Gasteiger partial charge in [-0.25, -0.2) is 0 Å². The SMILES string of the molecule is CCC=CCCCCCCC(CC)C(=O)N(O)O. The molecule has 0 aliphatic carbocycles. The quantitative estimate of drug-likeness (QED) is 0.270. The van der Waals surface area contributed by atoms with Gasteiger partial charge in [0, 0.05) is 5.92 Å². The summed E-state index contributed by atoms with van der Waals surface area (Å²) in [4.78, 5) is 11.3. The number of hydroxylamine groups is 2. The van der Waals surface area contributed by atoms with E-state index in [0.29, 0.717) is 6.42 Å². The third kappa shape index (κ3) is 8.25. The summed E-state index contributed by atoms with van der Waals surface area (Å²) in [6, 6.07) is 0. The van der Waals surface area contributed by atoms with Crippen molar-refractivity contribution in [2.45, 2.75) is 65.2 Å². The van der Waals surface area contributed by atoms with E-state index in [-0.39, 0.29) is 11.1 Å². The molecule has 0 spiro atoms. The van der Waals surface area contributed by atoms with E-state index in [4.69, 9.17) is 10.4 Å². The van der Waals surface area contributed by atoms with Gasteiger partial charge < -0.3 is 0 Å². The Morgan fingerprint density at radius 3 is 2.33 bits per heavy atom. The lowest BCUT2D eigenvalue weighted by molar-refractivity contribution is -0.288. The van der Waals surface area contributed by atoms with Crippen LogP contribution in [0.25, 0.3) is 0 Å². The fourth-order valence-corrected chi connectivity index (χ4v) is 1.96. The zero-order valence-corrected chi connectivity index (χ0v) is 11.6. The molecule has 18 heavy (non-hydrogen) atoms. The number of rotatable bonds is 10. The van der Waals surface area contributed by atoms with Crippen molar-refractivity contribution in [3.63, 3.8) is 0 Å². The molecule has 0 aromatic rings. The van der Waals surface area contributed by atoms with Crippen LogP contribution in [-0.2, 0) is 4.79 Å². The lowest BCUT2D eigenvalue weighted by atomic mass is 9.97. The van der Waals surface area contributed by atoms with Gasteiger partial charge in [0.2, 0.25) is 0 Å². The minimum Gasteiger partial charge on any atom is -0.270 e. The largest absolute Gasteiger partial charge is 0.276 e. The van der Waals surface area contributed by atoms with Crippen LogP contribution in [0.5, 0.6) is 0 Å². The number of hydrogen-bond acceptors (Lipinski definition) is 3. The summed E-state index contributed by atoms with van der Waals surface area (Å²) >= 11 is 0. The highest BCUT2D eigenvalue weighted by atomic mass is 16.8. The second-order valence-electron chi connectivity index (χ2n) is 4.60. The van der Waals surface area contributed by atoms with Crippen LogP contribution in [0.1, 0.15) is 65.2 Å². The number of hydrogen-bond donors (Lipinski definition) is 2. The zero-order chi connectivity index (χ0) is 13.8. The first-order chi connectivity index (χ1) is 8.63. The van der Waals surface area contributed by atoms with Crippen LogP contribution < -0.4 is 0 Å². The molecule has 106 valence electrons. The van der Waals surface area contributed by atoms with Crippen molar-refractivity contribution in [2.24, 2.45) is 5.92 Å². The number of nitrogens with zero attached hydrogens (tertiary/aromatic N) is 1. The fraction of sp³-hybridized carbons (Fsp3) is 0.786. The van der Waals surface area contributed by atoms with E-state index in [2.05, 4.69) is 19.1 Å². The van der Waals surface area contributed by atoms with Crippen molar-refractivity contribution in [2.75, 3.05) is 0 Å². The molecule has 0 fully saturated rings. The third-order valence-electron chi connectivity index (χ3n) is 3.11. The second-order valence-corrected chi connectivity index (χ2v) is 4.60. The number of unbranched alkanes of at least 4 members (excludes halogenated alkanes) is 4. The van der Waals surface area contributed by atoms with Crippen LogP contribution >= 0.6 is 0 Å². The van der Waals surface area contributed by atoms with Gasteiger partial charge in [-0.1, -0.05) is 50.5 Å². The standard InChI is InChI=1S/C14H27NO3/c1-3-5-6-7-8-9-10-11-12-13(4-2)14(16)15(17)18/h5-6,13,17-18H,3-4,7-12H2,1-2H3. The minimum atomic E-state index is -0.594. The van der Waals surface area contributed by atoms with E-state index < -0.39 is 5.91 Å². The molecule has 0 saturated carbocycles. The molecule has 0 aliphatic rings. The molecule has 0 radical (unpaired) electrons. The maximum atomic E-state index is 11.3. The van der Waals surface area contributed by atoms with Crippen LogP contribution in [0, 0.1) is 5.92 Å². The van der Waals surface area contributed by atoms with Crippen LogP contribution in [0.2, 0.25) is 0 Å². The van der Waals surface area contributed by atoms with Gasteiger partial charge >= 0.3 is 0 Å². The van der Waals surface area contributed by atoms with Crippen molar-refractivity contribution in [1.82, 2.24) is 5.23 Å². The van der Waals surface area contributed by atoms with Crippen LogP contribution in [0.3, 0.4) is 0 Å². The van der Waals surface area contributed by atoms with E-state index in [1.165, 1.54) is 12.8 Å². The van der Waals surface area contributed by atoms with Gasteiger partial charge in [0.1, 0.15) is 0 Å². The first-order valence-corrected chi connectivity index (χ1v) is 7.00. The van der Waals surface area contributed by atoms with Crippen molar-refractivity contribution in [3.8, 4) is 0 Å². The van der Waals surface area contributed by atoms with Crippen molar-refractivity contribution < 1.29 is 15.2 Å². The van der Waals surface area contributed by atoms with Crippen LogP contribution in [0.15, 0.2) is 12.2 Å². The third-order valence-corrected chi connectivity index (χ3v) is 3.11. The number of allylic oxidation sites excluding steroid dienone is 2. The number of carbonyl (C=O) groups is 1. The van der Waals surface area contributed by atoms with Gasteiger partial charge in [0.15, 0.2) is 0 Å². The maximum absolute atomic E-state index is 11.3. The van der Waals surface area contributed by atoms with Gasteiger partial charge in [-0.2, -0.15) is 0 Å². The summed E-state index contributed by atoms with van der Waals surface area (Å²) in [5.41, 5.74) is 0. The van der Waals surface area contributed by atoms with Crippen LogP contribution in [0.4, 0.5) is 0 Å². The Morgan fingerprint density at radius 1 is 1.11 bits per heavy atom. The van der Waals surface area contributed by atoms with E-state index >= 15 is 0 Å². The highest BCUT2D eigenvalue weighted by Crippen LogP contribution is 2.16. The molecule has 4 heteroatoms. The molecule has 2 N–H and O–H groups in total.